The van der Waals surface area contributed by atoms with Crippen molar-refractivity contribution in [3.05, 3.63) is 24.3 Å². The zero-order chi connectivity index (χ0) is 10.9. The molecule has 1 rings (SSSR count). The molecule has 3 nitrogen and oxygen atoms in total. The van der Waals surface area contributed by atoms with E-state index < -0.39 is 0 Å². The average molecular weight is 205 g/mol. The molecule has 80 valence electrons. The second-order valence-electron chi connectivity index (χ2n) is 2.93. The van der Waals surface area contributed by atoms with E-state index in [1.165, 1.54) is 0 Å². The van der Waals surface area contributed by atoms with Crippen LogP contribution in [0.15, 0.2) is 24.3 Å². The van der Waals surface area contributed by atoms with E-state index in [9.17, 15) is 0 Å². The predicted octanol–water partition coefficient (Wildman–Crippen LogP) is 1.76. The summed E-state index contributed by atoms with van der Waals surface area (Å²) in [7, 11) is 1.65. The lowest BCUT2D eigenvalue weighted by Gasteiger charge is -2.07. The van der Waals surface area contributed by atoms with Gasteiger partial charge in [-0.15, -0.1) is 6.42 Å². The standard InChI is InChI=1S/C12H15NO2/c1-3-7-13-11-5-4-6-12(10-11)15-9-8-14-2/h1,4-6,10,13H,7-9H2,2H3. The van der Waals surface area contributed by atoms with Crippen molar-refractivity contribution in [2.24, 2.45) is 0 Å². The maximum absolute atomic E-state index is 5.45. The first kappa shape index (κ1) is 11.4. The third kappa shape index (κ3) is 4.39. The first-order chi connectivity index (χ1) is 7.36. The molecule has 0 aliphatic carbocycles. The van der Waals surface area contributed by atoms with Crippen LogP contribution in [-0.4, -0.2) is 26.9 Å². The molecular formula is C12H15NO2. The van der Waals surface area contributed by atoms with Crippen LogP contribution in [0.25, 0.3) is 0 Å². The molecule has 0 aliphatic rings. The smallest absolute Gasteiger partial charge is 0.121 e. The Morgan fingerprint density at radius 1 is 1.40 bits per heavy atom. The highest BCUT2D eigenvalue weighted by atomic mass is 16.5. The summed E-state index contributed by atoms with van der Waals surface area (Å²) in [5.74, 6) is 3.33. The molecule has 0 saturated carbocycles. The van der Waals surface area contributed by atoms with Crippen LogP contribution in [0.1, 0.15) is 0 Å². The van der Waals surface area contributed by atoms with E-state index in [-0.39, 0.29) is 0 Å². The minimum atomic E-state index is 0.515. The number of hydrogen-bond acceptors (Lipinski definition) is 3. The van der Waals surface area contributed by atoms with Gasteiger partial charge in [-0.3, -0.25) is 0 Å². The van der Waals surface area contributed by atoms with E-state index in [1.54, 1.807) is 7.11 Å². The molecule has 1 aromatic rings. The van der Waals surface area contributed by atoms with Crippen LogP contribution in [0.3, 0.4) is 0 Å². The fourth-order valence-electron chi connectivity index (χ4n) is 1.09. The number of hydrogen-bond donors (Lipinski definition) is 1. The molecule has 3 heteroatoms. The van der Waals surface area contributed by atoms with Crippen LogP contribution in [-0.2, 0) is 4.74 Å². The minimum Gasteiger partial charge on any atom is -0.491 e. The number of rotatable bonds is 6. The number of methoxy groups -OCH3 is 1. The summed E-state index contributed by atoms with van der Waals surface area (Å²) in [6.07, 6.45) is 5.15. The first-order valence-corrected chi connectivity index (χ1v) is 4.76. The second kappa shape index (κ2) is 6.74. The summed E-state index contributed by atoms with van der Waals surface area (Å²) in [4.78, 5) is 0. The summed E-state index contributed by atoms with van der Waals surface area (Å²) in [5, 5.41) is 3.08. The maximum Gasteiger partial charge on any atom is 0.121 e. The van der Waals surface area contributed by atoms with Gasteiger partial charge in [-0.25, -0.2) is 0 Å². The molecule has 0 unspecified atom stereocenters. The van der Waals surface area contributed by atoms with Gasteiger partial charge < -0.3 is 14.8 Å². The highest BCUT2D eigenvalue weighted by Crippen LogP contribution is 2.16. The molecule has 0 heterocycles. The molecule has 15 heavy (non-hydrogen) atoms. The van der Waals surface area contributed by atoms with Crippen molar-refractivity contribution < 1.29 is 9.47 Å². The Morgan fingerprint density at radius 2 is 2.27 bits per heavy atom. The van der Waals surface area contributed by atoms with Crippen LogP contribution in [0.4, 0.5) is 5.69 Å². The monoisotopic (exact) mass is 205 g/mol. The van der Waals surface area contributed by atoms with Gasteiger partial charge in [-0.05, 0) is 12.1 Å². The van der Waals surface area contributed by atoms with Crippen molar-refractivity contribution >= 4 is 5.69 Å². The highest BCUT2D eigenvalue weighted by molar-refractivity contribution is 5.48. The molecule has 1 N–H and O–H groups in total. The first-order valence-electron chi connectivity index (χ1n) is 4.76. The van der Waals surface area contributed by atoms with E-state index in [0.717, 1.165) is 11.4 Å². The van der Waals surface area contributed by atoms with Gasteiger partial charge in [0.2, 0.25) is 0 Å². The van der Waals surface area contributed by atoms with Crippen molar-refractivity contribution in [1.29, 1.82) is 0 Å². The van der Waals surface area contributed by atoms with E-state index in [0.29, 0.717) is 19.8 Å². The Kier molecular flexibility index (Phi) is 5.13. The number of ether oxygens (including phenoxy) is 2. The van der Waals surface area contributed by atoms with Crippen molar-refractivity contribution in [2.45, 2.75) is 0 Å². The molecule has 1 aromatic carbocycles. The van der Waals surface area contributed by atoms with Crippen molar-refractivity contribution in [3.8, 4) is 18.1 Å². The fourth-order valence-corrected chi connectivity index (χ4v) is 1.09. The number of terminal acetylenes is 1. The Hall–Kier alpha value is -1.66. The fraction of sp³-hybridized carbons (Fsp3) is 0.333. The molecule has 0 fully saturated rings. The third-order valence-corrected chi connectivity index (χ3v) is 1.78. The average Bonchev–Trinajstić information content (AvgIpc) is 2.27. The van der Waals surface area contributed by atoms with E-state index >= 15 is 0 Å². The van der Waals surface area contributed by atoms with Gasteiger partial charge in [0.05, 0.1) is 13.2 Å². The molecule has 0 bridgehead atoms. The Labute approximate surface area is 90.4 Å². The summed E-state index contributed by atoms with van der Waals surface area (Å²) < 4.78 is 10.3. The quantitative estimate of drug-likeness (QED) is 0.567. The Balaban J connectivity index is 2.47. The Morgan fingerprint density at radius 3 is 3.00 bits per heavy atom. The SMILES string of the molecule is C#CCNc1cccc(OCCOC)c1. The van der Waals surface area contributed by atoms with Crippen LogP contribution >= 0.6 is 0 Å². The van der Waals surface area contributed by atoms with E-state index in [1.807, 2.05) is 24.3 Å². The summed E-state index contributed by atoms with van der Waals surface area (Å²) in [6, 6.07) is 7.67. The molecule has 0 spiro atoms. The van der Waals surface area contributed by atoms with Gasteiger partial charge in [0.1, 0.15) is 12.4 Å². The van der Waals surface area contributed by atoms with Gasteiger partial charge in [0.25, 0.3) is 0 Å². The normalized spacial score (nSPS) is 9.33. The molecule has 0 radical (unpaired) electrons. The summed E-state index contributed by atoms with van der Waals surface area (Å²) >= 11 is 0. The molecule has 0 aromatic heterocycles. The molecule has 0 saturated heterocycles. The third-order valence-electron chi connectivity index (χ3n) is 1.78. The number of nitrogens with one attached hydrogen (secondary N) is 1. The zero-order valence-corrected chi connectivity index (χ0v) is 8.82. The van der Waals surface area contributed by atoms with Crippen LogP contribution in [0.5, 0.6) is 5.75 Å². The molecular weight excluding hydrogens is 190 g/mol. The second-order valence-corrected chi connectivity index (χ2v) is 2.93. The van der Waals surface area contributed by atoms with Gasteiger partial charge >= 0.3 is 0 Å². The topological polar surface area (TPSA) is 30.5 Å². The van der Waals surface area contributed by atoms with Crippen molar-refractivity contribution in [1.82, 2.24) is 0 Å². The Bertz CT molecular complexity index is 331. The number of benzene rings is 1. The summed E-state index contributed by atoms with van der Waals surface area (Å²) in [5.41, 5.74) is 0.961. The predicted molar refractivity (Wildman–Crippen MR) is 61.1 cm³/mol. The summed E-state index contributed by atoms with van der Waals surface area (Å²) in [6.45, 7) is 1.65. The molecule has 0 atom stereocenters. The van der Waals surface area contributed by atoms with Crippen LogP contribution in [0, 0.1) is 12.3 Å². The molecule has 0 amide bonds. The highest BCUT2D eigenvalue weighted by Gasteiger charge is 1.95. The lowest BCUT2D eigenvalue weighted by atomic mass is 10.3. The van der Waals surface area contributed by atoms with Crippen molar-refractivity contribution in [3.63, 3.8) is 0 Å². The van der Waals surface area contributed by atoms with Crippen LogP contribution < -0.4 is 10.1 Å². The van der Waals surface area contributed by atoms with E-state index in [2.05, 4.69) is 11.2 Å². The van der Waals surface area contributed by atoms with Gasteiger partial charge in [0, 0.05) is 18.9 Å². The maximum atomic E-state index is 5.45. The van der Waals surface area contributed by atoms with Gasteiger partial charge in [-0.2, -0.15) is 0 Å². The molecule has 0 aliphatic heterocycles. The largest absolute Gasteiger partial charge is 0.491 e. The minimum absolute atomic E-state index is 0.515. The zero-order valence-electron chi connectivity index (χ0n) is 8.82. The van der Waals surface area contributed by atoms with Gasteiger partial charge in [0.15, 0.2) is 0 Å². The lowest BCUT2D eigenvalue weighted by Crippen LogP contribution is -2.04. The van der Waals surface area contributed by atoms with Crippen molar-refractivity contribution in [2.75, 3.05) is 32.2 Å². The number of anilines is 1. The van der Waals surface area contributed by atoms with E-state index in [4.69, 9.17) is 15.9 Å². The van der Waals surface area contributed by atoms with Gasteiger partial charge in [-0.1, -0.05) is 12.0 Å². The lowest BCUT2D eigenvalue weighted by molar-refractivity contribution is 0.146. The van der Waals surface area contributed by atoms with Crippen LogP contribution in [0.2, 0.25) is 0 Å².